The van der Waals surface area contributed by atoms with Gasteiger partial charge in [-0.05, 0) is 19.3 Å². The van der Waals surface area contributed by atoms with Crippen LogP contribution in [-0.4, -0.2) is 23.1 Å². The fourth-order valence-corrected chi connectivity index (χ4v) is 1.86. The maximum atomic E-state index is 12.7. The van der Waals surface area contributed by atoms with Gasteiger partial charge in [-0.15, -0.1) is 0 Å². The van der Waals surface area contributed by atoms with Gasteiger partial charge in [0.15, 0.2) is 5.69 Å². The van der Waals surface area contributed by atoms with Gasteiger partial charge in [-0.2, -0.15) is 18.2 Å². The van der Waals surface area contributed by atoms with Crippen LogP contribution < -0.4 is 10.6 Å². The Morgan fingerprint density at radius 2 is 1.90 bits per heavy atom. The van der Waals surface area contributed by atoms with Gasteiger partial charge >= 0.3 is 6.18 Å². The average molecular weight is 290 g/mol. The standard InChI is InChI=1S/C13H21F3N4/c1-5-8(2)6-9(3)18-11-7-10(13(14,15)16)19-12(17-4)20-11/h7-9H,5-6H2,1-4H3,(H2,17,18,19,20). The lowest BCUT2D eigenvalue weighted by Gasteiger charge is -2.19. The van der Waals surface area contributed by atoms with Crippen molar-refractivity contribution in [1.29, 1.82) is 0 Å². The minimum atomic E-state index is -4.48. The first-order chi connectivity index (χ1) is 9.26. The van der Waals surface area contributed by atoms with Crippen molar-refractivity contribution in [3.8, 4) is 0 Å². The molecule has 0 spiro atoms. The molecule has 7 heteroatoms. The van der Waals surface area contributed by atoms with Crippen LogP contribution in [0, 0.1) is 5.92 Å². The van der Waals surface area contributed by atoms with E-state index >= 15 is 0 Å². The van der Waals surface area contributed by atoms with Crippen molar-refractivity contribution in [3.05, 3.63) is 11.8 Å². The van der Waals surface area contributed by atoms with E-state index in [-0.39, 0.29) is 17.8 Å². The van der Waals surface area contributed by atoms with Crippen LogP contribution in [0.2, 0.25) is 0 Å². The van der Waals surface area contributed by atoms with Crippen LogP contribution in [0.1, 0.15) is 39.3 Å². The highest BCUT2D eigenvalue weighted by molar-refractivity contribution is 5.43. The van der Waals surface area contributed by atoms with E-state index in [1.807, 2.05) is 6.92 Å². The third kappa shape index (κ3) is 4.86. The van der Waals surface area contributed by atoms with Gasteiger partial charge in [-0.3, -0.25) is 0 Å². The molecule has 4 nitrogen and oxygen atoms in total. The minimum Gasteiger partial charge on any atom is -0.367 e. The Morgan fingerprint density at radius 1 is 1.25 bits per heavy atom. The quantitative estimate of drug-likeness (QED) is 0.837. The summed E-state index contributed by atoms with van der Waals surface area (Å²) in [6.45, 7) is 6.13. The Morgan fingerprint density at radius 3 is 2.40 bits per heavy atom. The number of hydrogen-bond donors (Lipinski definition) is 2. The van der Waals surface area contributed by atoms with Crippen LogP contribution in [0.15, 0.2) is 6.07 Å². The molecule has 1 heterocycles. The minimum absolute atomic E-state index is 0.0435. The largest absolute Gasteiger partial charge is 0.433 e. The van der Waals surface area contributed by atoms with E-state index in [1.54, 1.807) is 0 Å². The first kappa shape index (κ1) is 16.5. The molecule has 0 bridgehead atoms. The summed E-state index contributed by atoms with van der Waals surface area (Å²) in [5.41, 5.74) is -0.949. The predicted molar refractivity (Wildman–Crippen MR) is 73.7 cm³/mol. The van der Waals surface area contributed by atoms with Crippen molar-refractivity contribution in [2.45, 2.75) is 45.8 Å². The van der Waals surface area contributed by atoms with E-state index in [0.717, 1.165) is 18.9 Å². The number of alkyl halides is 3. The van der Waals surface area contributed by atoms with Gasteiger partial charge in [-0.25, -0.2) is 4.98 Å². The molecule has 20 heavy (non-hydrogen) atoms. The smallest absolute Gasteiger partial charge is 0.367 e. The number of aromatic nitrogens is 2. The van der Waals surface area contributed by atoms with Crippen LogP contribution in [-0.2, 0) is 6.18 Å². The zero-order chi connectivity index (χ0) is 15.3. The number of nitrogens with one attached hydrogen (secondary N) is 2. The van der Waals surface area contributed by atoms with Crippen LogP contribution in [0.4, 0.5) is 24.9 Å². The second-order valence-corrected chi connectivity index (χ2v) is 5.00. The van der Waals surface area contributed by atoms with Gasteiger partial charge in [-0.1, -0.05) is 20.3 Å². The number of anilines is 2. The van der Waals surface area contributed by atoms with Gasteiger partial charge in [0, 0.05) is 19.2 Å². The zero-order valence-corrected chi connectivity index (χ0v) is 12.2. The topological polar surface area (TPSA) is 49.8 Å². The summed E-state index contributed by atoms with van der Waals surface area (Å²) in [6.07, 6.45) is -2.58. The van der Waals surface area contributed by atoms with Crippen molar-refractivity contribution in [2.24, 2.45) is 5.92 Å². The molecule has 114 valence electrons. The number of rotatable bonds is 6. The highest BCUT2D eigenvalue weighted by Crippen LogP contribution is 2.29. The fraction of sp³-hybridized carbons (Fsp3) is 0.692. The molecular weight excluding hydrogens is 269 g/mol. The lowest BCUT2D eigenvalue weighted by Crippen LogP contribution is -2.20. The molecule has 2 atom stereocenters. The third-order valence-corrected chi connectivity index (χ3v) is 3.09. The third-order valence-electron chi connectivity index (χ3n) is 3.09. The van der Waals surface area contributed by atoms with E-state index < -0.39 is 11.9 Å². The second kappa shape index (κ2) is 6.76. The Hall–Kier alpha value is -1.53. The second-order valence-electron chi connectivity index (χ2n) is 5.00. The van der Waals surface area contributed by atoms with Crippen LogP contribution >= 0.6 is 0 Å². The molecule has 0 radical (unpaired) electrons. The SMILES string of the molecule is CCC(C)CC(C)Nc1cc(C(F)(F)F)nc(NC)n1. The predicted octanol–water partition coefficient (Wildman–Crippen LogP) is 3.77. The monoisotopic (exact) mass is 290 g/mol. The molecule has 0 aliphatic heterocycles. The molecule has 0 aromatic carbocycles. The molecule has 2 N–H and O–H groups in total. The fourth-order valence-electron chi connectivity index (χ4n) is 1.86. The summed E-state index contributed by atoms with van der Waals surface area (Å²) in [4.78, 5) is 7.43. The molecule has 2 unspecified atom stereocenters. The zero-order valence-electron chi connectivity index (χ0n) is 12.2. The van der Waals surface area contributed by atoms with Crippen molar-refractivity contribution in [2.75, 3.05) is 17.7 Å². The van der Waals surface area contributed by atoms with Crippen LogP contribution in [0.25, 0.3) is 0 Å². The molecule has 0 fully saturated rings. The van der Waals surface area contributed by atoms with Crippen LogP contribution in [0.3, 0.4) is 0 Å². The van der Waals surface area contributed by atoms with Gasteiger partial charge in [0.25, 0.3) is 0 Å². The Bertz CT molecular complexity index is 434. The summed E-state index contributed by atoms with van der Waals surface area (Å²) in [7, 11) is 1.49. The molecule has 0 saturated heterocycles. The van der Waals surface area contributed by atoms with E-state index in [1.165, 1.54) is 7.05 Å². The molecule has 1 rings (SSSR count). The Kier molecular flexibility index (Phi) is 5.59. The Labute approximate surface area is 117 Å². The van der Waals surface area contributed by atoms with Gasteiger partial charge < -0.3 is 10.6 Å². The Balaban J connectivity index is 2.89. The van der Waals surface area contributed by atoms with E-state index in [0.29, 0.717) is 5.92 Å². The van der Waals surface area contributed by atoms with Gasteiger partial charge in [0.1, 0.15) is 5.82 Å². The highest BCUT2D eigenvalue weighted by Gasteiger charge is 2.33. The van der Waals surface area contributed by atoms with Gasteiger partial charge in [0.2, 0.25) is 5.95 Å². The van der Waals surface area contributed by atoms with Crippen molar-refractivity contribution >= 4 is 11.8 Å². The molecule has 1 aromatic heterocycles. The average Bonchev–Trinajstić information content (AvgIpc) is 2.36. The van der Waals surface area contributed by atoms with Crippen molar-refractivity contribution < 1.29 is 13.2 Å². The molecule has 0 aliphatic rings. The summed E-state index contributed by atoms with van der Waals surface area (Å²) in [5.74, 6) is 0.649. The van der Waals surface area contributed by atoms with Crippen molar-refractivity contribution in [1.82, 2.24) is 9.97 Å². The summed E-state index contributed by atoms with van der Waals surface area (Å²) in [5, 5.41) is 5.55. The number of hydrogen-bond acceptors (Lipinski definition) is 4. The van der Waals surface area contributed by atoms with E-state index in [2.05, 4.69) is 34.4 Å². The van der Waals surface area contributed by atoms with Gasteiger partial charge in [0.05, 0.1) is 0 Å². The van der Waals surface area contributed by atoms with Crippen molar-refractivity contribution in [3.63, 3.8) is 0 Å². The molecule has 0 saturated carbocycles. The molecular formula is C13H21F3N4. The summed E-state index contributed by atoms with van der Waals surface area (Å²) in [6, 6.07) is 0.985. The van der Waals surface area contributed by atoms with E-state index in [9.17, 15) is 13.2 Å². The lowest BCUT2D eigenvalue weighted by atomic mass is 10.0. The lowest BCUT2D eigenvalue weighted by molar-refractivity contribution is -0.141. The molecule has 0 amide bonds. The normalized spacial score (nSPS) is 14.8. The highest BCUT2D eigenvalue weighted by atomic mass is 19.4. The maximum Gasteiger partial charge on any atom is 0.433 e. The number of halogens is 3. The molecule has 1 aromatic rings. The first-order valence-corrected chi connectivity index (χ1v) is 6.66. The van der Waals surface area contributed by atoms with Crippen LogP contribution in [0.5, 0.6) is 0 Å². The number of nitrogens with zero attached hydrogens (tertiary/aromatic N) is 2. The first-order valence-electron chi connectivity index (χ1n) is 6.66. The summed E-state index contributed by atoms with van der Waals surface area (Å²) >= 11 is 0. The molecule has 0 aliphatic carbocycles. The maximum absolute atomic E-state index is 12.7. The summed E-state index contributed by atoms with van der Waals surface area (Å²) < 4.78 is 38.2. The van der Waals surface area contributed by atoms with E-state index in [4.69, 9.17) is 0 Å².